The van der Waals surface area contributed by atoms with Crippen molar-refractivity contribution >= 4 is 5.97 Å². The summed E-state index contributed by atoms with van der Waals surface area (Å²) in [6.07, 6.45) is 0.197. The molecule has 0 heterocycles. The van der Waals surface area contributed by atoms with E-state index < -0.39 is 23.0 Å². The predicted molar refractivity (Wildman–Crippen MR) is 51.6 cm³/mol. The molecule has 1 aromatic carbocycles. The van der Waals surface area contributed by atoms with Gasteiger partial charge in [0.25, 0.3) is 0 Å². The van der Waals surface area contributed by atoms with E-state index in [4.69, 9.17) is 5.11 Å². The maximum Gasteiger partial charge on any atom is 0.313 e. The summed E-state index contributed by atoms with van der Waals surface area (Å²) in [6, 6.07) is 2.85. The second-order valence-electron chi connectivity index (χ2n) is 3.61. The van der Waals surface area contributed by atoms with Crippen LogP contribution >= 0.6 is 0 Å². The first-order valence-corrected chi connectivity index (χ1v) is 4.60. The summed E-state index contributed by atoms with van der Waals surface area (Å²) in [5.74, 6) is -2.48. The van der Waals surface area contributed by atoms with Crippen molar-refractivity contribution in [2.45, 2.75) is 25.7 Å². The van der Waals surface area contributed by atoms with Gasteiger partial charge in [-0.25, -0.2) is 8.78 Å². The van der Waals surface area contributed by atoms with Gasteiger partial charge < -0.3 is 5.11 Å². The smallest absolute Gasteiger partial charge is 0.313 e. The minimum Gasteiger partial charge on any atom is -0.481 e. The van der Waals surface area contributed by atoms with E-state index in [9.17, 15) is 13.6 Å². The molecule has 15 heavy (non-hydrogen) atoms. The Labute approximate surface area is 86.5 Å². The van der Waals surface area contributed by atoms with Gasteiger partial charge >= 0.3 is 5.97 Å². The van der Waals surface area contributed by atoms with Crippen LogP contribution < -0.4 is 0 Å². The molecule has 0 saturated heterocycles. The molecule has 4 heteroatoms. The number of carbonyl (C=O) groups is 1. The molecule has 0 aliphatic heterocycles. The van der Waals surface area contributed by atoms with E-state index in [0.717, 1.165) is 18.2 Å². The molecule has 0 spiro atoms. The first-order chi connectivity index (χ1) is 6.91. The van der Waals surface area contributed by atoms with Crippen LogP contribution in [0.15, 0.2) is 18.2 Å². The number of rotatable bonds is 3. The number of hydrogen-bond acceptors (Lipinski definition) is 1. The van der Waals surface area contributed by atoms with Crippen LogP contribution in [0.2, 0.25) is 0 Å². The Balaban J connectivity index is 3.35. The number of aliphatic carboxylic acids is 1. The Morgan fingerprint density at radius 1 is 1.47 bits per heavy atom. The summed E-state index contributed by atoms with van der Waals surface area (Å²) in [6.45, 7) is 3.01. The molecule has 0 aliphatic carbocycles. The lowest BCUT2D eigenvalue weighted by Crippen LogP contribution is -2.32. The lowest BCUT2D eigenvalue weighted by atomic mass is 9.80. The third-order valence-electron chi connectivity index (χ3n) is 2.70. The maximum absolute atomic E-state index is 13.4. The number of carboxylic acids is 1. The molecular weight excluding hydrogens is 202 g/mol. The van der Waals surface area contributed by atoms with Gasteiger partial charge in [0.15, 0.2) is 0 Å². The first-order valence-electron chi connectivity index (χ1n) is 4.60. The second-order valence-corrected chi connectivity index (χ2v) is 3.61. The Morgan fingerprint density at radius 3 is 2.53 bits per heavy atom. The maximum atomic E-state index is 13.4. The summed E-state index contributed by atoms with van der Waals surface area (Å²) >= 11 is 0. The van der Waals surface area contributed by atoms with Crippen molar-refractivity contribution < 1.29 is 18.7 Å². The molecule has 1 unspecified atom stereocenters. The number of halogens is 2. The van der Waals surface area contributed by atoms with Gasteiger partial charge in [0.1, 0.15) is 11.6 Å². The van der Waals surface area contributed by atoms with E-state index in [1.54, 1.807) is 6.92 Å². The second kappa shape index (κ2) is 3.96. The fourth-order valence-corrected chi connectivity index (χ4v) is 1.38. The highest BCUT2D eigenvalue weighted by atomic mass is 19.1. The van der Waals surface area contributed by atoms with Crippen LogP contribution in [0, 0.1) is 11.6 Å². The van der Waals surface area contributed by atoms with Gasteiger partial charge in [-0.05, 0) is 31.5 Å². The van der Waals surface area contributed by atoms with Crippen LogP contribution in [0.1, 0.15) is 25.8 Å². The Kier molecular flexibility index (Phi) is 3.07. The van der Waals surface area contributed by atoms with E-state index in [2.05, 4.69) is 0 Å². The molecule has 0 aliphatic rings. The summed E-state index contributed by atoms with van der Waals surface area (Å²) in [5.41, 5.74) is -1.50. The number of carboxylic acid groups (broad SMARTS) is 1. The van der Waals surface area contributed by atoms with Crippen molar-refractivity contribution in [1.29, 1.82) is 0 Å². The molecule has 82 valence electrons. The third kappa shape index (κ3) is 1.98. The van der Waals surface area contributed by atoms with E-state index in [1.165, 1.54) is 6.92 Å². The molecule has 1 atom stereocenters. The van der Waals surface area contributed by atoms with Crippen molar-refractivity contribution in [2.75, 3.05) is 0 Å². The normalized spacial score (nSPS) is 14.7. The first kappa shape index (κ1) is 11.6. The number of hydrogen-bond donors (Lipinski definition) is 1. The van der Waals surface area contributed by atoms with Crippen LogP contribution in [0.3, 0.4) is 0 Å². The predicted octanol–water partition coefficient (Wildman–Crippen LogP) is 2.72. The van der Waals surface area contributed by atoms with Crippen LogP contribution in [-0.2, 0) is 10.2 Å². The molecule has 0 amide bonds. The van der Waals surface area contributed by atoms with Crippen molar-refractivity contribution in [3.05, 3.63) is 35.4 Å². The Morgan fingerprint density at radius 2 is 2.07 bits per heavy atom. The highest BCUT2D eigenvalue weighted by Crippen LogP contribution is 2.30. The fourth-order valence-electron chi connectivity index (χ4n) is 1.38. The van der Waals surface area contributed by atoms with Crippen molar-refractivity contribution in [3.63, 3.8) is 0 Å². The standard InChI is InChI=1S/C11H12F2O2/c1-3-11(2,10(14)15)8-6-7(12)4-5-9(8)13/h4-6H,3H2,1-2H3,(H,14,15). The third-order valence-corrected chi connectivity index (χ3v) is 2.70. The van der Waals surface area contributed by atoms with Crippen molar-refractivity contribution in [2.24, 2.45) is 0 Å². The van der Waals surface area contributed by atoms with Gasteiger partial charge in [-0.15, -0.1) is 0 Å². The molecule has 1 N–H and O–H groups in total. The SMILES string of the molecule is CCC(C)(C(=O)O)c1cc(F)ccc1F. The zero-order chi connectivity index (χ0) is 11.6. The Hall–Kier alpha value is -1.45. The molecule has 2 nitrogen and oxygen atoms in total. The van der Waals surface area contributed by atoms with Crippen LogP contribution in [0.5, 0.6) is 0 Å². The molecule has 0 saturated carbocycles. The molecule has 0 aromatic heterocycles. The summed E-state index contributed by atoms with van der Waals surface area (Å²) < 4.78 is 26.3. The van der Waals surface area contributed by atoms with E-state index >= 15 is 0 Å². The summed E-state index contributed by atoms with van der Waals surface area (Å²) in [5, 5.41) is 9.01. The lowest BCUT2D eigenvalue weighted by Gasteiger charge is -2.23. The molecule has 0 fully saturated rings. The van der Waals surface area contributed by atoms with Crippen LogP contribution in [0.4, 0.5) is 8.78 Å². The lowest BCUT2D eigenvalue weighted by molar-refractivity contribution is -0.143. The number of benzene rings is 1. The van der Waals surface area contributed by atoms with Gasteiger partial charge in [-0.3, -0.25) is 4.79 Å². The molecule has 1 aromatic rings. The highest BCUT2D eigenvalue weighted by molar-refractivity contribution is 5.80. The molecule has 1 rings (SSSR count). The average molecular weight is 214 g/mol. The zero-order valence-corrected chi connectivity index (χ0v) is 8.55. The molecule has 0 bridgehead atoms. The van der Waals surface area contributed by atoms with Gasteiger partial charge in [-0.1, -0.05) is 6.92 Å². The minimum absolute atomic E-state index is 0.113. The Bertz CT molecular complexity index is 390. The topological polar surface area (TPSA) is 37.3 Å². The van der Waals surface area contributed by atoms with Gasteiger partial charge in [0, 0.05) is 5.56 Å². The molecule has 0 radical (unpaired) electrons. The monoisotopic (exact) mass is 214 g/mol. The molecular formula is C11H12F2O2. The summed E-state index contributed by atoms with van der Waals surface area (Å²) in [4.78, 5) is 11.0. The van der Waals surface area contributed by atoms with Gasteiger partial charge in [0.2, 0.25) is 0 Å². The quantitative estimate of drug-likeness (QED) is 0.839. The van der Waals surface area contributed by atoms with Crippen molar-refractivity contribution in [1.82, 2.24) is 0 Å². The van der Waals surface area contributed by atoms with Crippen LogP contribution in [0.25, 0.3) is 0 Å². The summed E-state index contributed by atoms with van der Waals surface area (Å²) in [7, 11) is 0. The minimum atomic E-state index is -1.38. The highest BCUT2D eigenvalue weighted by Gasteiger charge is 2.35. The van der Waals surface area contributed by atoms with Crippen molar-refractivity contribution in [3.8, 4) is 0 Å². The van der Waals surface area contributed by atoms with Crippen LogP contribution in [-0.4, -0.2) is 11.1 Å². The van der Waals surface area contributed by atoms with E-state index in [-0.39, 0.29) is 12.0 Å². The van der Waals surface area contributed by atoms with E-state index in [1.807, 2.05) is 0 Å². The fraction of sp³-hybridized carbons (Fsp3) is 0.364. The van der Waals surface area contributed by atoms with E-state index in [0.29, 0.717) is 0 Å². The zero-order valence-electron chi connectivity index (χ0n) is 8.55. The largest absolute Gasteiger partial charge is 0.481 e. The van der Waals surface area contributed by atoms with Gasteiger partial charge in [0.05, 0.1) is 5.41 Å². The average Bonchev–Trinajstić information content (AvgIpc) is 2.20. The van der Waals surface area contributed by atoms with Gasteiger partial charge in [-0.2, -0.15) is 0 Å².